The summed E-state index contributed by atoms with van der Waals surface area (Å²) in [6.45, 7) is 3.77. The molecule has 1 saturated heterocycles. The minimum atomic E-state index is -0.632. The van der Waals surface area contributed by atoms with Gasteiger partial charge in [-0.25, -0.2) is 14.4 Å². The summed E-state index contributed by atoms with van der Waals surface area (Å²) in [5.74, 6) is -0.156. The van der Waals surface area contributed by atoms with Crippen LogP contribution in [0.5, 0.6) is 0 Å². The Kier molecular flexibility index (Phi) is 5.80. The van der Waals surface area contributed by atoms with Gasteiger partial charge < -0.3 is 20.8 Å². The molecule has 1 aliphatic rings. The predicted molar refractivity (Wildman–Crippen MR) is 132 cm³/mol. The van der Waals surface area contributed by atoms with Gasteiger partial charge in [0.2, 0.25) is 0 Å². The van der Waals surface area contributed by atoms with Crippen molar-refractivity contribution < 1.29 is 9.23 Å². The number of fused-ring (bicyclic) bond motifs is 1. The highest BCUT2D eigenvalue weighted by Gasteiger charge is 2.21. The molecule has 3 N–H and O–H groups in total. The second-order valence-electron chi connectivity index (χ2n) is 7.89. The van der Waals surface area contributed by atoms with E-state index in [4.69, 9.17) is 22.2 Å². The van der Waals surface area contributed by atoms with Gasteiger partial charge in [-0.05, 0) is 42.5 Å². The second-order valence-corrected chi connectivity index (χ2v) is 8.30. The number of nitrogens with zero attached hydrogens (tertiary/aromatic N) is 4. The first-order valence-corrected chi connectivity index (χ1v) is 11.1. The molecule has 1 aliphatic heterocycles. The standard InChI is InChI=1S/C24H22ClFN6O2/c1-34-32-23-17(13-16(24(32)33)20-18(25)3-2-4-19(20)26)21(27)29-22(30-23)14-5-7-15(8-6-14)31-11-9-28-10-12-31/h2-8,13,28H,9-12H2,1H3,(H2,27,29,30). The molecule has 0 amide bonds. The van der Waals surface area contributed by atoms with Crippen molar-refractivity contribution in [2.45, 2.75) is 0 Å². The zero-order chi connectivity index (χ0) is 23.8. The van der Waals surface area contributed by atoms with E-state index in [0.29, 0.717) is 11.2 Å². The van der Waals surface area contributed by atoms with Gasteiger partial charge in [0.05, 0.1) is 16.0 Å². The van der Waals surface area contributed by atoms with Crippen LogP contribution < -0.4 is 26.3 Å². The molecule has 0 radical (unpaired) electrons. The molecule has 3 heterocycles. The van der Waals surface area contributed by atoms with E-state index in [-0.39, 0.29) is 27.6 Å². The number of anilines is 2. The Bertz CT molecular complexity index is 1410. The number of benzene rings is 2. The zero-order valence-corrected chi connectivity index (χ0v) is 19.1. The lowest BCUT2D eigenvalue weighted by Gasteiger charge is -2.29. The van der Waals surface area contributed by atoms with Gasteiger partial charge in [0.1, 0.15) is 18.7 Å². The third kappa shape index (κ3) is 3.82. The van der Waals surface area contributed by atoms with Crippen molar-refractivity contribution in [3.05, 3.63) is 69.7 Å². The summed E-state index contributed by atoms with van der Waals surface area (Å²) in [4.78, 5) is 29.8. The van der Waals surface area contributed by atoms with Crippen LogP contribution in [0.3, 0.4) is 0 Å². The predicted octanol–water partition coefficient (Wildman–Crippen LogP) is 2.97. The maximum Gasteiger partial charge on any atom is 0.293 e. The van der Waals surface area contributed by atoms with Gasteiger partial charge in [0, 0.05) is 43.0 Å². The van der Waals surface area contributed by atoms with Crippen LogP contribution in [0.4, 0.5) is 15.9 Å². The van der Waals surface area contributed by atoms with Gasteiger partial charge in [-0.15, -0.1) is 4.73 Å². The van der Waals surface area contributed by atoms with Crippen molar-refractivity contribution in [3.63, 3.8) is 0 Å². The number of nitrogen functional groups attached to an aromatic ring is 1. The van der Waals surface area contributed by atoms with Gasteiger partial charge in [0.25, 0.3) is 5.56 Å². The van der Waals surface area contributed by atoms with Crippen molar-refractivity contribution >= 4 is 34.1 Å². The summed E-state index contributed by atoms with van der Waals surface area (Å²) in [5.41, 5.74) is 7.66. The first-order valence-electron chi connectivity index (χ1n) is 10.8. The Morgan fingerprint density at radius 2 is 1.85 bits per heavy atom. The van der Waals surface area contributed by atoms with Crippen molar-refractivity contribution in [2.24, 2.45) is 0 Å². The molecule has 2 aromatic carbocycles. The molecule has 0 atom stereocenters. The maximum absolute atomic E-state index is 14.6. The summed E-state index contributed by atoms with van der Waals surface area (Å²) >= 11 is 6.20. The van der Waals surface area contributed by atoms with Crippen molar-refractivity contribution in [3.8, 4) is 22.5 Å². The quantitative estimate of drug-likeness (QED) is 0.463. The fourth-order valence-electron chi connectivity index (χ4n) is 4.16. The van der Waals surface area contributed by atoms with Crippen LogP contribution in [0.1, 0.15) is 0 Å². The van der Waals surface area contributed by atoms with Gasteiger partial charge in [-0.1, -0.05) is 17.7 Å². The fraction of sp³-hybridized carbons (Fsp3) is 0.208. The molecule has 174 valence electrons. The van der Waals surface area contributed by atoms with Crippen LogP contribution >= 0.6 is 11.6 Å². The molecule has 0 bridgehead atoms. The number of nitrogens with one attached hydrogen (secondary N) is 1. The molecule has 0 unspecified atom stereocenters. The molecule has 1 fully saturated rings. The Morgan fingerprint density at radius 3 is 2.53 bits per heavy atom. The van der Waals surface area contributed by atoms with E-state index in [1.807, 2.05) is 24.3 Å². The van der Waals surface area contributed by atoms with Gasteiger partial charge in [-0.3, -0.25) is 4.79 Å². The maximum atomic E-state index is 14.6. The van der Waals surface area contributed by atoms with E-state index in [1.165, 1.54) is 31.4 Å². The molecular weight excluding hydrogens is 459 g/mol. The van der Waals surface area contributed by atoms with Crippen LogP contribution in [-0.2, 0) is 0 Å². The summed E-state index contributed by atoms with van der Waals surface area (Å²) in [7, 11) is 1.33. The van der Waals surface area contributed by atoms with Gasteiger partial charge in [0.15, 0.2) is 11.5 Å². The lowest BCUT2D eigenvalue weighted by Crippen LogP contribution is -2.43. The summed E-state index contributed by atoms with van der Waals surface area (Å²) in [6, 6.07) is 13.5. The second kappa shape index (κ2) is 8.92. The first kappa shape index (κ1) is 22.1. The molecule has 8 nitrogen and oxygen atoms in total. The Balaban J connectivity index is 1.62. The number of nitrogens with two attached hydrogens (primary N) is 1. The third-order valence-electron chi connectivity index (χ3n) is 5.87. The topological polar surface area (TPSA) is 98.3 Å². The number of hydrogen-bond donors (Lipinski definition) is 2. The molecular formula is C24H22ClFN6O2. The van der Waals surface area contributed by atoms with Gasteiger partial charge in [-0.2, -0.15) is 0 Å². The number of piperazine rings is 1. The summed E-state index contributed by atoms with van der Waals surface area (Å²) < 4.78 is 15.5. The molecule has 0 saturated carbocycles. The lowest BCUT2D eigenvalue weighted by molar-refractivity contribution is 0.168. The lowest BCUT2D eigenvalue weighted by atomic mass is 10.1. The molecule has 2 aromatic heterocycles. The highest BCUT2D eigenvalue weighted by atomic mass is 35.5. The normalized spacial score (nSPS) is 13.9. The minimum Gasteiger partial charge on any atom is -0.412 e. The van der Waals surface area contributed by atoms with E-state index < -0.39 is 11.4 Å². The minimum absolute atomic E-state index is 0.000809. The van der Waals surface area contributed by atoms with Crippen LogP contribution in [0, 0.1) is 5.82 Å². The SMILES string of the molecule is COn1c(=O)c(-c2c(F)cccc2Cl)cc2c(N)nc(-c3ccc(N4CCNCC4)cc3)nc21. The van der Waals surface area contributed by atoms with Crippen LogP contribution in [0.25, 0.3) is 33.5 Å². The third-order valence-corrected chi connectivity index (χ3v) is 6.19. The zero-order valence-electron chi connectivity index (χ0n) is 18.4. The first-order chi connectivity index (χ1) is 16.5. The monoisotopic (exact) mass is 480 g/mol. The van der Waals surface area contributed by atoms with Crippen molar-refractivity contribution in [1.82, 2.24) is 20.0 Å². The Hall–Kier alpha value is -3.69. The van der Waals surface area contributed by atoms with E-state index in [9.17, 15) is 9.18 Å². The van der Waals surface area contributed by atoms with E-state index >= 15 is 0 Å². The largest absolute Gasteiger partial charge is 0.412 e. The van der Waals surface area contributed by atoms with Crippen molar-refractivity contribution in [1.29, 1.82) is 0 Å². The Labute approximate surface area is 199 Å². The number of rotatable bonds is 4. The average Bonchev–Trinajstić information content (AvgIpc) is 2.85. The molecule has 0 aliphatic carbocycles. The summed E-state index contributed by atoms with van der Waals surface area (Å²) in [6.07, 6.45) is 0. The number of aromatic nitrogens is 3. The molecule has 4 aromatic rings. The van der Waals surface area contributed by atoms with E-state index in [2.05, 4.69) is 20.2 Å². The molecule has 10 heteroatoms. The van der Waals surface area contributed by atoms with Gasteiger partial charge >= 0.3 is 0 Å². The summed E-state index contributed by atoms with van der Waals surface area (Å²) in [5, 5.41) is 3.78. The number of pyridine rings is 1. The number of halogens is 2. The number of hydrogen-bond acceptors (Lipinski definition) is 7. The van der Waals surface area contributed by atoms with Crippen LogP contribution in [-0.4, -0.2) is 48.0 Å². The van der Waals surface area contributed by atoms with Crippen LogP contribution in [0.15, 0.2) is 53.3 Å². The van der Waals surface area contributed by atoms with E-state index in [0.717, 1.165) is 42.2 Å². The molecule has 5 rings (SSSR count). The highest BCUT2D eigenvalue weighted by molar-refractivity contribution is 6.33. The highest BCUT2D eigenvalue weighted by Crippen LogP contribution is 2.32. The van der Waals surface area contributed by atoms with Crippen molar-refractivity contribution in [2.75, 3.05) is 43.9 Å². The average molecular weight is 481 g/mol. The molecule has 34 heavy (non-hydrogen) atoms. The fourth-order valence-corrected chi connectivity index (χ4v) is 4.42. The molecule has 0 spiro atoms. The smallest absolute Gasteiger partial charge is 0.293 e. The van der Waals surface area contributed by atoms with E-state index in [1.54, 1.807) is 0 Å². The van der Waals surface area contributed by atoms with Crippen LogP contribution in [0.2, 0.25) is 5.02 Å². The Morgan fingerprint density at radius 1 is 1.12 bits per heavy atom.